The predicted molar refractivity (Wildman–Crippen MR) is 109 cm³/mol. The lowest BCUT2D eigenvalue weighted by Gasteiger charge is -2.49. The topological polar surface area (TPSA) is 12.0 Å². The summed E-state index contributed by atoms with van der Waals surface area (Å²) in [6.07, 6.45) is -1.28. The molecule has 0 fully saturated rings. The molecule has 1 nitrogen and oxygen atoms in total. The van der Waals surface area contributed by atoms with Crippen molar-refractivity contribution in [3.63, 3.8) is 0 Å². The first-order valence-corrected chi connectivity index (χ1v) is 12.8. The second kappa shape index (κ2) is 5.96. The minimum absolute atomic E-state index is 0.0651. The smallest absolute Gasteiger partial charge is 0.417 e. The molecule has 2 aliphatic rings. The third kappa shape index (κ3) is 3.77. The number of hydrogen-bond acceptors (Lipinski definition) is 1. The van der Waals surface area contributed by atoms with Gasteiger partial charge in [-0.3, -0.25) is 0 Å². The number of benzene rings is 1. The van der Waals surface area contributed by atoms with E-state index in [4.69, 9.17) is 0 Å². The molecule has 2 aliphatic carbocycles. The van der Waals surface area contributed by atoms with Gasteiger partial charge >= 0.3 is 6.18 Å². The van der Waals surface area contributed by atoms with E-state index in [0.29, 0.717) is 17.5 Å². The van der Waals surface area contributed by atoms with E-state index >= 15 is 0 Å². The first-order valence-electron chi connectivity index (χ1n) is 9.75. The van der Waals surface area contributed by atoms with Gasteiger partial charge in [-0.15, -0.1) is 0 Å². The Hall–Kier alpha value is -1.07. The number of rotatable bonds is 2. The predicted octanol–water partition coefficient (Wildman–Crippen LogP) is 6.46. The fourth-order valence-electron chi connectivity index (χ4n) is 5.51. The van der Waals surface area contributed by atoms with Gasteiger partial charge in [0.15, 0.2) is 0 Å². The number of hydrogen-bond donors (Lipinski definition) is 1. The molecule has 0 bridgehead atoms. The Kier molecular flexibility index (Phi) is 4.56. The van der Waals surface area contributed by atoms with Crippen molar-refractivity contribution in [2.24, 2.45) is 5.41 Å². The molecule has 0 radical (unpaired) electrons. The van der Waals surface area contributed by atoms with Crippen molar-refractivity contribution in [1.29, 1.82) is 0 Å². The fourth-order valence-corrected chi connectivity index (χ4v) is 9.82. The molecule has 1 N–H and O–H groups in total. The van der Waals surface area contributed by atoms with E-state index in [0.717, 1.165) is 23.1 Å². The van der Waals surface area contributed by atoms with Crippen molar-refractivity contribution >= 4 is 14.3 Å². The van der Waals surface area contributed by atoms with Crippen molar-refractivity contribution in [2.45, 2.75) is 84.7 Å². The summed E-state index contributed by atoms with van der Waals surface area (Å²) in [5.74, 6) is 0. The molecule has 0 saturated carbocycles. The Balaban J connectivity index is 2.21. The maximum absolute atomic E-state index is 14.1. The molecule has 1 aromatic carbocycles. The zero-order valence-corrected chi connectivity index (χ0v) is 18.8. The quantitative estimate of drug-likeness (QED) is 0.566. The lowest BCUT2D eigenvalue weighted by Crippen LogP contribution is -2.58. The van der Waals surface area contributed by atoms with Crippen LogP contribution < -0.4 is 4.98 Å². The van der Waals surface area contributed by atoms with Crippen LogP contribution in [0.3, 0.4) is 0 Å². The van der Waals surface area contributed by atoms with Crippen molar-refractivity contribution in [2.75, 3.05) is 0 Å². The highest BCUT2D eigenvalue weighted by Gasteiger charge is 2.44. The van der Waals surface area contributed by atoms with Gasteiger partial charge in [0.2, 0.25) is 0 Å². The molecule has 1 aromatic rings. The molecule has 3 rings (SSSR count). The van der Waals surface area contributed by atoms with E-state index < -0.39 is 14.4 Å². The zero-order valence-electron chi connectivity index (χ0n) is 17.8. The lowest BCUT2D eigenvalue weighted by molar-refractivity contribution is -0.138. The average molecular weight is 396 g/mol. The van der Waals surface area contributed by atoms with Crippen molar-refractivity contribution in [1.82, 2.24) is 4.98 Å². The van der Waals surface area contributed by atoms with Crippen LogP contribution in [0.15, 0.2) is 11.6 Å². The average Bonchev–Trinajstić information content (AvgIpc) is 2.84. The van der Waals surface area contributed by atoms with E-state index in [-0.39, 0.29) is 22.1 Å². The van der Waals surface area contributed by atoms with Gasteiger partial charge in [-0.2, -0.15) is 26.3 Å². The highest BCUT2D eigenvalue weighted by atomic mass is 28.3. The molecular weight excluding hydrogens is 363 g/mol. The molecular formula is C22H32F3NSi-. The van der Waals surface area contributed by atoms with E-state index in [1.54, 1.807) is 0 Å². The van der Waals surface area contributed by atoms with Crippen LogP contribution in [-0.2, 0) is 19.0 Å². The summed E-state index contributed by atoms with van der Waals surface area (Å²) < 4.78 is 42.4. The van der Waals surface area contributed by atoms with Crippen LogP contribution in [0, 0.1) is 5.41 Å². The zero-order chi connectivity index (χ0) is 20.6. The summed E-state index contributed by atoms with van der Waals surface area (Å²) in [7, 11) is -2.06. The van der Waals surface area contributed by atoms with E-state index in [2.05, 4.69) is 58.8 Å². The Morgan fingerprint density at radius 2 is 1.70 bits per heavy atom. The van der Waals surface area contributed by atoms with Crippen LogP contribution >= 0.6 is 0 Å². The molecule has 5 heteroatoms. The first kappa shape index (κ1) is 20.7. The van der Waals surface area contributed by atoms with E-state index in [9.17, 15) is 13.2 Å². The van der Waals surface area contributed by atoms with Gasteiger partial charge in [-0.05, 0) is 47.4 Å². The molecule has 1 atom stereocenters. The Morgan fingerprint density at radius 3 is 2.22 bits per heavy atom. The summed E-state index contributed by atoms with van der Waals surface area (Å²) in [6.45, 7) is 17.0. The van der Waals surface area contributed by atoms with Crippen molar-refractivity contribution < 1.29 is 13.2 Å². The Labute approximate surface area is 162 Å². The molecule has 0 saturated heterocycles. The maximum atomic E-state index is 14.1. The third-order valence-electron chi connectivity index (χ3n) is 5.76. The Morgan fingerprint density at radius 1 is 1.11 bits per heavy atom. The van der Waals surface area contributed by atoms with Crippen LogP contribution in [0.2, 0.25) is 13.1 Å². The largest absolute Gasteiger partial charge is 0.460 e. The summed E-state index contributed by atoms with van der Waals surface area (Å²) in [5.41, 5.74) is 3.34. The first-order chi connectivity index (χ1) is 12.0. The fraction of sp³-hybridized carbons (Fsp3) is 0.636. The standard InChI is InChI=1S/C22H32F3NSi/c1-13-9-15-16(19(13)27(7,8)26-20(2,3)4)10-14-11-21(5,6)12-17(14)18(15)22(23,24)25/h9-10,19,26H,11-12H2,1-8H3/q-1. The normalized spacial score (nSPS) is 21.9. The third-order valence-corrected chi connectivity index (χ3v) is 9.37. The van der Waals surface area contributed by atoms with Crippen LogP contribution in [-0.4, -0.2) is 13.8 Å². The summed E-state index contributed by atoms with van der Waals surface area (Å²) >= 11 is 0. The number of halogens is 3. The van der Waals surface area contributed by atoms with Gasteiger partial charge in [0.25, 0.3) is 0 Å². The number of allylic oxidation sites excluding steroid dienone is 1. The van der Waals surface area contributed by atoms with Gasteiger partial charge < -0.3 is 4.98 Å². The monoisotopic (exact) mass is 395 g/mol. The highest BCUT2D eigenvalue weighted by Crippen LogP contribution is 2.51. The van der Waals surface area contributed by atoms with Crippen molar-refractivity contribution in [3.8, 4) is 0 Å². The molecule has 0 heterocycles. The van der Waals surface area contributed by atoms with Gasteiger partial charge in [-0.1, -0.05) is 71.7 Å². The second-order valence-corrected chi connectivity index (χ2v) is 15.1. The molecule has 0 aliphatic heterocycles. The molecule has 151 valence electrons. The lowest BCUT2D eigenvalue weighted by atomic mass is 9.89. The van der Waals surface area contributed by atoms with Crippen LogP contribution in [0.25, 0.3) is 6.08 Å². The number of nitrogens with one attached hydrogen (secondary N) is 1. The molecule has 27 heavy (non-hydrogen) atoms. The van der Waals surface area contributed by atoms with Gasteiger partial charge in [0.05, 0.1) is 5.56 Å². The van der Waals surface area contributed by atoms with E-state index in [1.807, 2.05) is 13.0 Å². The van der Waals surface area contributed by atoms with Gasteiger partial charge in [0, 0.05) is 0 Å². The van der Waals surface area contributed by atoms with Gasteiger partial charge in [0.1, 0.15) is 0 Å². The maximum Gasteiger partial charge on any atom is 0.417 e. The molecule has 1 unspecified atom stereocenters. The minimum Gasteiger partial charge on any atom is -0.460 e. The van der Waals surface area contributed by atoms with Crippen LogP contribution in [0.1, 0.15) is 74.9 Å². The highest BCUT2D eigenvalue weighted by molar-refractivity contribution is 6.77. The van der Waals surface area contributed by atoms with Crippen LogP contribution in [0.4, 0.5) is 13.2 Å². The summed E-state index contributed by atoms with van der Waals surface area (Å²) in [6, 6.07) is 2.10. The Bertz CT molecular complexity index is 810. The number of fused-ring (bicyclic) bond motifs is 2. The minimum atomic E-state index is -4.31. The second-order valence-electron chi connectivity index (χ2n) is 10.8. The summed E-state index contributed by atoms with van der Waals surface area (Å²) in [5, 5.41) is 0. The van der Waals surface area contributed by atoms with Crippen molar-refractivity contribution in [3.05, 3.63) is 39.5 Å². The van der Waals surface area contributed by atoms with Gasteiger partial charge in [-0.25, -0.2) is 0 Å². The SMILES string of the molecule is CC1=Cc2c(cc3c(c2C(F)(F)F)CC(C)(C)C3)C1[Si-](C)(C)NC(C)(C)C. The van der Waals surface area contributed by atoms with Crippen LogP contribution in [0.5, 0.6) is 0 Å². The molecule has 0 aromatic heterocycles. The number of alkyl halides is 3. The molecule has 0 spiro atoms. The molecule has 0 amide bonds. The summed E-state index contributed by atoms with van der Waals surface area (Å²) in [4.78, 5) is 3.77. The van der Waals surface area contributed by atoms with E-state index in [1.165, 1.54) is 0 Å².